The van der Waals surface area contributed by atoms with Gasteiger partial charge >= 0.3 is 13.5 Å². The lowest BCUT2D eigenvalue weighted by Crippen LogP contribution is -2.37. The largest absolute Gasteiger partial charge is 0.472 e. The second kappa shape index (κ2) is 6.42. The van der Waals surface area contributed by atoms with E-state index in [9.17, 15) is 24.4 Å². The van der Waals surface area contributed by atoms with Crippen molar-refractivity contribution >= 4 is 7.82 Å². The quantitative estimate of drug-likeness (QED) is 0.442. The highest BCUT2D eigenvalue weighted by atomic mass is 31.2. The molecule has 0 amide bonds. The van der Waals surface area contributed by atoms with Crippen LogP contribution in [0.5, 0.6) is 0 Å². The third-order valence-electron chi connectivity index (χ3n) is 3.10. The van der Waals surface area contributed by atoms with Crippen molar-refractivity contribution in [2.24, 2.45) is 0 Å². The van der Waals surface area contributed by atoms with Crippen molar-refractivity contribution in [3.05, 3.63) is 33.1 Å². The predicted octanol–water partition coefficient (Wildman–Crippen LogP) is -2.08. The summed E-state index contributed by atoms with van der Waals surface area (Å²) in [6, 6.07) is 1.04. The zero-order valence-corrected chi connectivity index (χ0v) is 12.3. The fraction of sp³-hybridized carbons (Fsp3) is 0.600. The summed E-state index contributed by atoms with van der Waals surface area (Å²) in [7, 11) is -3.31. The molecule has 2 rings (SSSR count). The lowest BCUT2D eigenvalue weighted by atomic mass is 10.1. The number of ether oxygens (including phenoxy) is 1. The maximum Gasteiger partial charge on any atom is 0.472 e. The molecule has 0 radical (unpaired) electrons. The summed E-state index contributed by atoms with van der Waals surface area (Å²) in [6.07, 6.45) is -4.33. The second-order valence-corrected chi connectivity index (χ2v) is 6.07. The van der Waals surface area contributed by atoms with Crippen LogP contribution in [-0.4, -0.2) is 56.7 Å². The lowest BCUT2D eigenvalue weighted by Gasteiger charge is -2.17. The molecule has 1 aromatic heterocycles. The molecule has 1 unspecified atom stereocenters. The van der Waals surface area contributed by atoms with Gasteiger partial charge in [-0.2, -0.15) is 0 Å². The van der Waals surface area contributed by atoms with E-state index in [4.69, 9.17) is 9.63 Å². The van der Waals surface area contributed by atoms with Gasteiger partial charge < -0.3 is 19.8 Å². The number of nitrogens with one attached hydrogen (secondary N) is 1. The first-order valence-electron chi connectivity index (χ1n) is 6.11. The molecule has 11 nitrogen and oxygen atoms in total. The van der Waals surface area contributed by atoms with Gasteiger partial charge in [0.2, 0.25) is 0 Å². The van der Waals surface area contributed by atoms with E-state index in [0.717, 1.165) is 23.9 Å². The van der Waals surface area contributed by atoms with Crippen molar-refractivity contribution in [1.82, 2.24) is 9.55 Å². The number of hydrogen-bond donors (Lipinski definition) is 4. The van der Waals surface area contributed by atoms with Gasteiger partial charge in [-0.1, -0.05) is 0 Å². The predicted molar refractivity (Wildman–Crippen MR) is 70.0 cm³/mol. The maximum absolute atomic E-state index is 11.6. The number of aliphatic hydroxyl groups excluding tert-OH is 2. The van der Waals surface area contributed by atoms with Crippen molar-refractivity contribution in [3.8, 4) is 0 Å². The van der Waals surface area contributed by atoms with Gasteiger partial charge in [-0.25, -0.2) is 9.36 Å². The van der Waals surface area contributed by atoms with Gasteiger partial charge in [0, 0.05) is 19.4 Å². The lowest BCUT2D eigenvalue weighted by molar-refractivity contribution is -0.0547. The first kappa shape index (κ1) is 17.0. The summed E-state index contributed by atoms with van der Waals surface area (Å²) in [4.78, 5) is 33.7. The molecule has 22 heavy (non-hydrogen) atoms. The summed E-state index contributed by atoms with van der Waals surface area (Å²) in [5, 5.41) is 19.8. The van der Waals surface area contributed by atoms with E-state index in [1.807, 2.05) is 4.98 Å². The molecule has 0 spiro atoms. The summed E-state index contributed by atoms with van der Waals surface area (Å²) in [5.74, 6) is 0. The number of hydrogen-bond acceptors (Lipinski definition) is 8. The van der Waals surface area contributed by atoms with Gasteiger partial charge in [0.25, 0.3) is 5.56 Å². The fourth-order valence-corrected chi connectivity index (χ4v) is 2.39. The molecule has 12 heteroatoms. The molecule has 5 atom stereocenters. The zero-order valence-electron chi connectivity index (χ0n) is 11.4. The normalized spacial score (nSPS) is 31.1. The van der Waals surface area contributed by atoms with Crippen LogP contribution in [0.1, 0.15) is 6.23 Å². The van der Waals surface area contributed by atoms with Gasteiger partial charge in [-0.3, -0.25) is 23.4 Å². The number of aromatic amines is 1. The van der Waals surface area contributed by atoms with Crippen LogP contribution in [0.15, 0.2) is 21.9 Å². The smallest absolute Gasteiger partial charge is 0.387 e. The number of rotatable bonds is 5. The first-order valence-corrected chi connectivity index (χ1v) is 7.61. The molecular formula is C10H15N2O9P. The van der Waals surface area contributed by atoms with Gasteiger partial charge in [0.1, 0.15) is 18.3 Å². The number of H-pyrrole nitrogens is 1. The number of aliphatic hydroxyl groups is 2. The van der Waals surface area contributed by atoms with Gasteiger partial charge in [-0.05, 0) is 0 Å². The highest BCUT2D eigenvalue weighted by Crippen LogP contribution is 2.43. The topological polar surface area (TPSA) is 160 Å². The minimum absolute atomic E-state index is 0.547. The summed E-state index contributed by atoms with van der Waals surface area (Å²) >= 11 is 0. The third kappa shape index (κ3) is 3.52. The molecule has 1 aliphatic rings. The highest BCUT2D eigenvalue weighted by molar-refractivity contribution is 7.47. The Morgan fingerprint density at radius 2 is 2.09 bits per heavy atom. The van der Waals surface area contributed by atoms with E-state index in [2.05, 4.69) is 9.05 Å². The Morgan fingerprint density at radius 3 is 2.68 bits per heavy atom. The molecule has 0 bridgehead atoms. The Hall–Kier alpha value is -1.33. The molecule has 1 saturated heterocycles. The first-order chi connectivity index (χ1) is 10.2. The van der Waals surface area contributed by atoms with Crippen LogP contribution in [0, 0.1) is 0 Å². The number of phosphoric ester groups is 1. The Kier molecular flexibility index (Phi) is 4.97. The van der Waals surface area contributed by atoms with Crippen LogP contribution in [0.25, 0.3) is 0 Å². The average molecular weight is 338 g/mol. The molecule has 2 heterocycles. The van der Waals surface area contributed by atoms with Gasteiger partial charge in [0.15, 0.2) is 6.23 Å². The summed E-state index contributed by atoms with van der Waals surface area (Å²) in [5.41, 5.74) is -1.47. The van der Waals surface area contributed by atoms with Gasteiger partial charge in [-0.15, -0.1) is 0 Å². The van der Waals surface area contributed by atoms with Crippen molar-refractivity contribution in [2.45, 2.75) is 24.5 Å². The van der Waals surface area contributed by atoms with E-state index in [1.165, 1.54) is 0 Å². The Bertz CT molecular complexity index is 685. The van der Waals surface area contributed by atoms with Crippen LogP contribution in [0.2, 0.25) is 0 Å². The van der Waals surface area contributed by atoms with E-state index in [-0.39, 0.29) is 0 Å². The molecule has 4 N–H and O–H groups in total. The third-order valence-corrected chi connectivity index (χ3v) is 4.03. The van der Waals surface area contributed by atoms with Crippen LogP contribution in [0.4, 0.5) is 0 Å². The Balaban J connectivity index is 2.15. The number of phosphoric acid groups is 1. The van der Waals surface area contributed by atoms with Crippen LogP contribution in [0.3, 0.4) is 0 Å². The molecule has 1 fully saturated rings. The number of nitrogens with zero attached hydrogens (tertiary/aromatic N) is 1. The minimum atomic E-state index is -4.27. The Morgan fingerprint density at radius 1 is 1.41 bits per heavy atom. The summed E-state index contributed by atoms with van der Waals surface area (Å²) in [6.45, 7) is -0.547. The standard InChI is InChI=1S/C10H15N2O9P/c1-19-22(17,18)20-4-5-7(14)8(15)9(21-5)12-3-2-6(13)11-10(12)16/h2-3,5,7-9,14-15H,4H2,1H3,(H,17,18)(H,11,13,16)/t5-,7+,8+,9-/m1/s1. The molecule has 0 aromatic carbocycles. The van der Waals surface area contributed by atoms with Crippen molar-refractivity contribution in [3.63, 3.8) is 0 Å². The molecule has 1 aliphatic heterocycles. The highest BCUT2D eigenvalue weighted by Gasteiger charge is 2.45. The van der Waals surface area contributed by atoms with Crippen molar-refractivity contribution < 1.29 is 33.5 Å². The number of aromatic nitrogens is 2. The maximum atomic E-state index is 11.6. The van der Waals surface area contributed by atoms with E-state index < -0.39 is 50.2 Å². The molecule has 0 saturated carbocycles. The van der Waals surface area contributed by atoms with E-state index >= 15 is 0 Å². The molecule has 124 valence electrons. The SMILES string of the molecule is COP(=O)(O)OC[C@H]1O[C@@H](n2ccc(=O)[nH]c2=O)[C@@H](O)[C@H]1O. The fourth-order valence-electron chi connectivity index (χ4n) is 1.94. The minimum Gasteiger partial charge on any atom is -0.387 e. The second-order valence-electron chi connectivity index (χ2n) is 4.51. The summed E-state index contributed by atoms with van der Waals surface area (Å²) < 4.78 is 26.1. The average Bonchev–Trinajstić information content (AvgIpc) is 2.73. The van der Waals surface area contributed by atoms with Crippen molar-refractivity contribution in [2.75, 3.05) is 13.7 Å². The van der Waals surface area contributed by atoms with Crippen LogP contribution >= 0.6 is 7.82 Å². The molecule has 0 aliphatic carbocycles. The zero-order chi connectivity index (χ0) is 16.5. The molecule has 1 aromatic rings. The molecular weight excluding hydrogens is 323 g/mol. The van der Waals surface area contributed by atoms with E-state index in [1.54, 1.807) is 0 Å². The van der Waals surface area contributed by atoms with Crippen LogP contribution in [-0.2, 0) is 18.3 Å². The van der Waals surface area contributed by atoms with Crippen molar-refractivity contribution in [1.29, 1.82) is 0 Å². The van der Waals surface area contributed by atoms with Gasteiger partial charge in [0.05, 0.1) is 6.61 Å². The monoisotopic (exact) mass is 338 g/mol. The van der Waals surface area contributed by atoms with E-state index in [0.29, 0.717) is 0 Å². The Labute approximate surface area is 123 Å². The van der Waals surface area contributed by atoms with Crippen LogP contribution < -0.4 is 11.2 Å².